The van der Waals surface area contributed by atoms with E-state index in [1.54, 1.807) is 11.8 Å². The minimum atomic E-state index is -0.631. The number of fused-ring (bicyclic) bond motifs is 3. The van der Waals surface area contributed by atoms with Gasteiger partial charge in [-0.1, -0.05) is 48.5 Å². The van der Waals surface area contributed by atoms with Crippen molar-refractivity contribution in [2.45, 2.75) is 16.2 Å². The molecule has 2 atom stereocenters. The number of aliphatic hydroxyl groups is 1. The molecule has 0 amide bonds. The van der Waals surface area contributed by atoms with Gasteiger partial charge in [-0.25, -0.2) is 4.79 Å². The van der Waals surface area contributed by atoms with Gasteiger partial charge in [0.25, 0.3) is 0 Å². The number of thioether (sulfide) groups is 1. The topological polar surface area (TPSA) is 46.5 Å². The van der Waals surface area contributed by atoms with Crippen LogP contribution in [0.1, 0.15) is 22.5 Å². The summed E-state index contributed by atoms with van der Waals surface area (Å²) in [7, 11) is 0. The number of aliphatic hydroxyl groups excluding tert-OH is 1. The molecule has 1 N–H and O–H groups in total. The Hall–Kier alpha value is -2.20. The summed E-state index contributed by atoms with van der Waals surface area (Å²) in [4.78, 5) is 12.9. The Morgan fingerprint density at radius 3 is 2.52 bits per heavy atom. The molecule has 4 rings (SSSR count). The molecule has 2 aromatic carbocycles. The molecule has 0 radical (unpaired) electrons. The van der Waals surface area contributed by atoms with Crippen molar-refractivity contribution in [3.05, 3.63) is 77.1 Å². The Labute approximate surface area is 126 Å². The van der Waals surface area contributed by atoms with Crippen LogP contribution >= 0.6 is 11.8 Å². The summed E-state index contributed by atoms with van der Waals surface area (Å²) >= 11 is 1.64. The van der Waals surface area contributed by atoms with Crippen molar-refractivity contribution in [3.63, 3.8) is 0 Å². The maximum Gasteiger partial charge on any atom is 0.374 e. The van der Waals surface area contributed by atoms with E-state index in [2.05, 4.69) is 0 Å². The number of hydrogen-bond donors (Lipinski definition) is 1. The number of carbonyl (C=O) groups excluding carboxylic acids is 1. The molecule has 0 saturated carbocycles. The molecular weight excluding hydrogens is 284 g/mol. The second kappa shape index (κ2) is 4.67. The number of esters is 1. The van der Waals surface area contributed by atoms with E-state index in [1.807, 2.05) is 54.6 Å². The number of rotatable bonds is 1. The van der Waals surface area contributed by atoms with Crippen molar-refractivity contribution in [3.8, 4) is 0 Å². The molecule has 0 aliphatic carbocycles. The quantitative estimate of drug-likeness (QED) is 0.810. The summed E-state index contributed by atoms with van der Waals surface area (Å²) in [6.07, 6.45) is -0.472. The third-order valence-corrected chi connectivity index (χ3v) is 5.19. The fraction of sp³-hybridized carbons (Fsp3) is 0.118. The lowest BCUT2D eigenvalue weighted by molar-refractivity contribution is -0.142. The smallest absolute Gasteiger partial charge is 0.374 e. The first-order valence-electron chi connectivity index (χ1n) is 6.70. The molecule has 0 unspecified atom stereocenters. The second-order valence-electron chi connectivity index (χ2n) is 5.04. The zero-order valence-electron chi connectivity index (χ0n) is 11.0. The molecule has 0 fully saturated rings. The Morgan fingerprint density at radius 1 is 1.00 bits per heavy atom. The zero-order valence-corrected chi connectivity index (χ0v) is 11.8. The summed E-state index contributed by atoms with van der Waals surface area (Å²) < 4.78 is 5.38. The molecule has 2 aromatic rings. The van der Waals surface area contributed by atoms with Crippen LogP contribution in [0.3, 0.4) is 0 Å². The van der Waals surface area contributed by atoms with Crippen LogP contribution in [0.25, 0.3) is 0 Å². The predicted octanol–water partition coefficient (Wildman–Crippen LogP) is 3.94. The SMILES string of the molecule is O=C1O[C@@H]2C(=C1O)[C@H](c1ccccc1)Sc1ccccc12. The van der Waals surface area contributed by atoms with E-state index in [9.17, 15) is 9.90 Å². The van der Waals surface area contributed by atoms with Crippen LogP contribution in [0.2, 0.25) is 0 Å². The summed E-state index contributed by atoms with van der Waals surface area (Å²) in [6, 6.07) is 17.7. The number of benzene rings is 2. The Bertz CT molecular complexity index is 752. The predicted molar refractivity (Wildman–Crippen MR) is 80.0 cm³/mol. The van der Waals surface area contributed by atoms with Crippen molar-refractivity contribution in [1.82, 2.24) is 0 Å². The normalized spacial score (nSPS) is 23.5. The highest BCUT2D eigenvalue weighted by molar-refractivity contribution is 7.99. The van der Waals surface area contributed by atoms with E-state index < -0.39 is 12.1 Å². The number of carbonyl (C=O) groups is 1. The van der Waals surface area contributed by atoms with E-state index >= 15 is 0 Å². The molecule has 0 spiro atoms. The maximum atomic E-state index is 11.8. The molecule has 2 aliphatic rings. The molecule has 21 heavy (non-hydrogen) atoms. The Morgan fingerprint density at radius 2 is 1.71 bits per heavy atom. The molecule has 2 heterocycles. The van der Waals surface area contributed by atoms with Crippen LogP contribution in [0.15, 0.2) is 70.8 Å². The Balaban J connectivity index is 1.91. The molecule has 0 aromatic heterocycles. The van der Waals surface area contributed by atoms with E-state index in [-0.39, 0.29) is 11.0 Å². The highest BCUT2D eigenvalue weighted by Crippen LogP contribution is 2.56. The summed E-state index contributed by atoms with van der Waals surface area (Å²) in [5, 5.41) is 10.0. The van der Waals surface area contributed by atoms with Crippen LogP contribution in [-0.4, -0.2) is 11.1 Å². The van der Waals surface area contributed by atoms with Gasteiger partial charge in [-0.05, 0) is 11.6 Å². The van der Waals surface area contributed by atoms with Gasteiger partial charge in [0.15, 0.2) is 6.10 Å². The van der Waals surface area contributed by atoms with Gasteiger partial charge in [0.05, 0.1) is 5.25 Å². The van der Waals surface area contributed by atoms with E-state index in [4.69, 9.17) is 4.74 Å². The summed E-state index contributed by atoms with van der Waals surface area (Å²) in [6.45, 7) is 0. The van der Waals surface area contributed by atoms with Crippen molar-refractivity contribution in [2.24, 2.45) is 0 Å². The molecule has 3 nitrogen and oxygen atoms in total. The fourth-order valence-electron chi connectivity index (χ4n) is 2.83. The molecular formula is C17H12O3S. The van der Waals surface area contributed by atoms with Crippen molar-refractivity contribution in [2.75, 3.05) is 0 Å². The van der Waals surface area contributed by atoms with E-state index in [0.29, 0.717) is 5.57 Å². The van der Waals surface area contributed by atoms with E-state index in [1.165, 1.54) is 0 Å². The van der Waals surface area contributed by atoms with Crippen LogP contribution in [0, 0.1) is 0 Å². The van der Waals surface area contributed by atoms with Crippen molar-refractivity contribution < 1.29 is 14.6 Å². The lowest BCUT2D eigenvalue weighted by Gasteiger charge is -2.29. The maximum absolute atomic E-state index is 11.8. The highest BCUT2D eigenvalue weighted by atomic mass is 32.2. The van der Waals surface area contributed by atoms with Gasteiger partial charge in [-0.3, -0.25) is 0 Å². The van der Waals surface area contributed by atoms with Crippen LogP contribution in [-0.2, 0) is 9.53 Å². The fourth-order valence-corrected chi connectivity index (χ4v) is 4.21. The van der Waals surface area contributed by atoms with Gasteiger partial charge in [-0.2, -0.15) is 0 Å². The minimum absolute atomic E-state index is 0.0995. The van der Waals surface area contributed by atoms with Crippen molar-refractivity contribution >= 4 is 17.7 Å². The van der Waals surface area contributed by atoms with E-state index in [0.717, 1.165) is 16.0 Å². The van der Waals surface area contributed by atoms with Gasteiger partial charge in [-0.15, -0.1) is 11.8 Å². The monoisotopic (exact) mass is 296 g/mol. The standard InChI is InChI=1S/C17H12O3S/c18-14-13-15(20-17(14)19)11-8-4-5-9-12(11)21-16(13)10-6-2-1-3-7-10/h1-9,15-16,18H/t15-,16-/m0/s1. The van der Waals surface area contributed by atoms with Crippen LogP contribution in [0.5, 0.6) is 0 Å². The van der Waals surface area contributed by atoms with Gasteiger partial charge < -0.3 is 9.84 Å². The van der Waals surface area contributed by atoms with Crippen LogP contribution in [0.4, 0.5) is 0 Å². The third-order valence-electron chi connectivity index (χ3n) is 3.81. The first kappa shape index (κ1) is 12.5. The summed E-state index contributed by atoms with van der Waals surface area (Å²) in [5.74, 6) is -0.871. The largest absolute Gasteiger partial charge is 0.502 e. The molecule has 2 aliphatic heterocycles. The van der Waals surface area contributed by atoms with Crippen LogP contribution < -0.4 is 0 Å². The average molecular weight is 296 g/mol. The molecule has 104 valence electrons. The Kier molecular flexibility index (Phi) is 2.79. The zero-order chi connectivity index (χ0) is 14.4. The van der Waals surface area contributed by atoms with Crippen molar-refractivity contribution in [1.29, 1.82) is 0 Å². The van der Waals surface area contributed by atoms with Gasteiger partial charge in [0.1, 0.15) is 0 Å². The number of hydrogen-bond acceptors (Lipinski definition) is 4. The second-order valence-corrected chi connectivity index (χ2v) is 6.18. The van der Waals surface area contributed by atoms with Gasteiger partial charge in [0.2, 0.25) is 5.76 Å². The number of ether oxygens (including phenoxy) is 1. The first-order chi connectivity index (χ1) is 10.3. The average Bonchev–Trinajstić information content (AvgIpc) is 2.83. The molecule has 0 saturated heterocycles. The lowest BCUT2D eigenvalue weighted by Crippen LogP contribution is -2.13. The molecule has 4 heteroatoms. The first-order valence-corrected chi connectivity index (χ1v) is 7.58. The van der Waals surface area contributed by atoms with Gasteiger partial charge >= 0.3 is 5.97 Å². The highest BCUT2D eigenvalue weighted by Gasteiger charge is 2.44. The lowest BCUT2D eigenvalue weighted by atomic mass is 9.94. The third kappa shape index (κ3) is 1.87. The van der Waals surface area contributed by atoms with Gasteiger partial charge in [0, 0.05) is 16.0 Å². The minimum Gasteiger partial charge on any atom is -0.502 e. The molecule has 0 bridgehead atoms. The summed E-state index contributed by atoms with van der Waals surface area (Å²) in [5.41, 5.74) is 2.67.